The predicted octanol–water partition coefficient (Wildman–Crippen LogP) is 1.71. The normalized spacial score (nSPS) is 42.0. The van der Waals surface area contributed by atoms with Crippen LogP contribution < -0.4 is 5.32 Å². The van der Waals surface area contributed by atoms with E-state index < -0.39 is 0 Å². The van der Waals surface area contributed by atoms with Gasteiger partial charge in [0.15, 0.2) is 0 Å². The van der Waals surface area contributed by atoms with Crippen molar-refractivity contribution in [3.63, 3.8) is 0 Å². The fraction of sp³-hybridized carbons (Fsp3) is 1.00. The number of morpholine rings is 1. The molecule has 0 amide bonds. The Labute approximate surface area is 92.5 Å². The molecule has 0 radical (unpaired) electrons. The van der Waals surface area contributed by atoms with E-state index in [1.54, 1.807) is 0 Å². The van der Waals surface area contributed by atoms with Gasteiger partial charge in [0.2, 0.25) is 0 Å². The number of hydrogen-bond acceptors (Lipinski definition) is 3. The summed E-state index contributed by atoms with van der Waals surface area (Å²) in [6.45, 7) is 7.26. The molecule has 2 saturated heterocycles. The number of rotatable bonds is 2. The summed E-state index contributed by atoms with van der Waals surface area (Å²) in [5.41, 5.74) is 0.0673. The minimum Gasteiger partial charge on any atom is -0.378 e. The van der Waals surface area contributed by atoms with E-state index in [2.05, 4.69) is 19.2 Å². The third-order valence-electron chi connectivity index (χ3n) is 3.66. The molecule has 3 nitrogen and oxygen atoms in total. The van der Waals surface area contributed by atoms with Gasteiger partial charge in [-0.25, -0.2) is 0 Å². The molecule has 0 aromatic heterocycles. The first-order valence-corrected chi connectivity index (χ1v) is 6.28. The number of ether oxygens (including phenoxy) is 2. The lowest BCUT2D eigenvalue weighted by Crippen LogP contribution is -2.57. The zero-order valence-electron chi connectivity index (χ0n) is 9.92. The number of hydrogen-bond donors (Lipinski definition) is 1. The van der Waals surface area contributed by atoms with E-state index in [0.717, 1.165) is 45.4 Å². The standard InChI is InChI=1S/C12H23NO2/c1-3-10-7-12(5-6-14-10)9-13-8-11(4-2)15-12/h10-11,13H,3-9H2,1-2H3. The highest BCUT2D eigenvalue weighted by atomic mass is 16.5. The van der Waals surface area contributed by atoms with Gasteiger partial charge in [-0.05, 0) is 12.8 Å². The van der Waals surface area contributed by atoms with Crippen LogP contribution in [0.1, 0.15) is 39.5 Å². The van der Waals surface area contributed by atoms with Crippen molar-refractivity contribution in [1.29, 1.82) is 0 Å². The smallest absolute Gasteiger partial charge is 0.0857 e. The molecule has 2 fully saturated rings. The van der Waals surface area contributed by atoms with Gasteiger partial charge in [0, 0.05) is 32.5 Å². The highest BCUT2D eigenvalue weighted by molar-refractivity contribution is 4.93. The number of nitrogens with one attached hydrogen (secondary N) is 1. The minimum absolute atomic E-state index is 0.0673. The Morgan fingerprint density at radius 3 is 2.80 bits per heavy atom. The van der Waals surface area contributed by atoms with Crippen LogP contribution in [0.2, 0.25) is 0 Å². The van der Waals surface area contributed by atoms with Gasteiger partial charge < -0.3 is 14.8 Å². The Kier molecular flexibility index (Phi) is 3.65. The summed E-state index contributed by atoms with van der Waals surface area (Å²) in [6.07, 6.45) is 5.11. The molecule has 2 rings (SSSR count). The van der Waals surface area contributed by atoms with Crippen LogP contribution in [-0.2, 0) is 9.47 Å². The van der Waals surface area contributed by atoms with Crippen LogP contribution in [0.5, 0.6) is 0 Å². The summed E-state index contributed by atoms with van der Waals surface area (Å²) in [5, 5.41) is 3.51. The fourth-order valence-electron chi connectivity index (χ4n) is 2.64. The third-order valence-corrected chi connectivity index (χ3v) is 3.66. The van der Waals surface area contributed by atoms with E-state index in [-0.39, 0.29) is 5.60 Å². The SMILES string of the molecule is CCC1CC2(CCO1)CNCC(CC)O2. The molecule has 1 N–H and O–H groups in total. The molecule has 3 unspecified atom stereocenters. The molecule has 0 aliphatic carbocycles. The first kappa shape index (κ1) is 11.4. The molecule has 2 heterocycles. The van der Waals surface area contributed by atoms with Crippen LogP contribution in [0.4, 0.5) is 0 Å². The fourth-order valence-corrected chi connectivity index (χ4v) is 2.64. The van der Waals surface area contributed by atoms with E-state index in [9.17, 15) is 0 Å². The average molecular weight is 213 g/mol. The van der Waals surface area contributed by atoms with Crippen molar-refractivity contribution < 1.29 is 9.47 Å². The van der Waals surface area contributed by atoms with Crippen molar-refractivity contribution >= 4 is 0 Å². The van der Waals surface area contributed by atoms with Gasteiger partial charge in [0.05, 0.1) is 17.8 Å². The van der Waals surface area contributed by atoms with Gasteiger partial charge in [-0.2, -0.15) is 0 Å². The van der Waals surface area contributed by atoms with Gasteiger partial charge in [0.25, 0.3) is 0 Å². The Morgan fingerprint density at radius 1 is 1.27 bits per heavy atom. The Hall–Kier alpha value is -0.120. The Balaban J connectivity index is 1.98. The zero-order chi connectivity index (χ0) is 10.7. The monoisotopic (exact) mass is 213 g/mol. The van der Waals surface area contributed by atoms with Crippen LogP contribution in [0.15, 0.2) is 0 Å². The Morgan fingerprint density at radius 2 is 2.07 bits per heavy atom. The van der Waals surface area contributed by atoms with Crippen molar-refractivity contribution in [3.8, 4) is 0 Å². The summed E-state index contributed by atoms with van der Waals surface area (Å²) in [6, 6.07) is 0. The summed E-state index contributed by atoms with van der Waals surface area (Å²) in [7, 11) is 0. The second-order valence-electron chi connectivity index (χ2n) is 4.82. The van der Waals surface area contributed by atoms with E-state index in [1.165, 1.54) is 0 Å². The van der Waals surface area contributed by atoms with E-state index in [0.29, 0.717) is 12.2 Å². The zero-order valence-corrected chi connectivity index (χ0v) is 9.92. The molecular weight excluding hydrogens is 190 g/mol. The molecule has 3 atom stereocenters. The molecule has 2 aliphatic heterocycles. The molecule has 2 aliphatic rings. The molecular formula is C12H23NO2. The molecule has 3 heteroatoms. The van der Waals surface area contributed by atoms with Crippen LogP contribution in [0.25, 0.3) is 0 Å². The molecule has 0 aromatic rings. The van der Waals surface area contributed by atoms with Gasteiger partial charge in [-0.3, -0.25) is 0 Å². The topological polar surface area (TPSA) is 30.5 Å². The van der Waals surface area contributed by atoms with E-state index in [4.69, 9.17) is 9.47 Å². The van der Waals surface area contributed by atoms with Crippen molar-refractivity contribution in [2.24, 2.45) is 0 Å². The maximum Gasteiger partial charge on any atom is 0.0857 e. The van der Waals surface area contributed by atoms with Crippen molar-refractivity contribution in [2.45, 2.75) is 57.3 Å². The van der Waals surface area contributed by atoms with Crippen LogP contribution in [-0.4, -0.2) is 37.5 Å². The molecule has 88 valence electrons. The van der Waals surface area contributed by atoms with Gasteiger partial charge in [-0.1, -0.05) is 13.8 Å². The maximum absolute atomic E-state index is 6.25. The minimum atomic E-state index is 0.0673. The lowest BCUT2D eigenvalue weighted by Gasteiger charge is -2.46. The van der Waals surface area contributed by atoms with Crippen LogP contribution in [0.3, 0.4) is 0 Å². The summed E-state index contributed by atoms with van der Waals surface area (Å²) in [4.78, 5) is 0. The largest absolute Gasteiger partial charge is 0.378 e. The van der Waals surface area contributed by atoms with Crippen molar-refractivity contribution in [2.75, 3.05) is 19.7 Å². The van der Waals surface area contributed by atoms with Crippen LogP contribution in [0, 0.1) is 0 Å². The highest BCUT2D eigenvalue weighted by Crippen LogP contribution is 2.32. The summed E-state index contributed by atoms with van der Waals surface area (Å²) >= 11 is 0. The van der Waals surface area contributed by atoms with Gasteiger partial charge in [-0.15, -0.1) is 0 Å². The summed E-state index contributed by atoms with van der Waals surface area (Å²) < 4.78 is 12.0. The molecule has 0 bridgehead atoms. The second-order valence-corrected chi connectivity index (χ2v) is 4.82. The Bertz CT molecular complexity index is 186. The summed E-state index contributed by atoms with van der Waals surface area (Å²) in [5.74, 6) is 0. The quantitative estimate of drug-likeness (QED) is 0.757. The molecule has 1 spiro atoms. The lowest BCUT2D eigenvalue weighted by atomic mass is 9.87. The molecule has 0 saturated carbocycles. The van der Waals surface area contributed by atoms with Crippen LogP contribution >= 0.6 is 0 Å². The molecule has 0 aromatic carbocycles. The highest BCUT2D eigenvalue weighted by Gasteiger charge is 2.41. The van der Waals surface area contributed by atoms with Gasteiger partial charge >= 0.3 is 0 Å². The van der Waals surface area contributed by atoms with Crippen molar-refractivity contribution in [1.82, 2.24) is 5.32 Å². The van der Waals surface area contributed by atoms with Gasteiger partial charge in [0.1, 0.15) is 0 Å². The maximum atomic E-state index is 6.25. The second kappa shape index (κ2) is 4.81. The molecule has 15 heavy (non-hydrogen) atoms. The van der Waals surface area contributed by atoms with Crippen molar-refractivity contribution in [3.05, 3.63) is 0 Å². The average Bonchev–Trinajstić information content (AvgIpc) is 2.29. The first-order valence-electron chi connectivity index (χ1n) is 6.28. The lowest BCUT2D eigenvalue weighted by molar-refractivity contribution is -0.178. The predicted molar refractivity (Wildman–Crippen MR) is 60.0 cm³/mol. The van der Waals surface area contributed by atoms with E-state index in [1.807, 2.05) is 0 Å². The first-order chi connectivity index (χ1) is 7.28. The van der Waals surface area contributed by atoms with E-state index >= 15 is 0 Å². The third kappa shape index (κ3) is 2.52.